The van der Waals surface area contributed by atoms with Crippen molar-refractivity contribution in [2.24, 2.45) is 11.3 Å². The maximum Gasteiger partial charge on any atom is 0.0524 e. The zero-order chi connectivity index (χ0) is 11.5. The van der Waals surface area contributed by atoms with Crippen LogP contribution in [0.2, 0.25) is 0 Å². The van der Waals surface area contributed by atoms with Crippen LogP contribution in [0.5, 0.6) is 0 Å². The minimum atomic E-state index is -0.175. The molecule has 0 amide bonds. The van der Waals surface area contributed by atoms with Gasteiger partial charge in [-0.15, -0.1) is 0 Å². The first-order valence-corrected chi connectivity index (χ1v) is 6.30. The second-order valence-electron chi connectivity index (χ2n) is 6.20. The molecule has 1 aliphatic rings. The van der Waals surface area contributed by atoms with Gasteiger partial charge in [0.1, 0.15) is 0 Å². The Bertz CT molecular complexity index is 189. The van der Waals surface area contributed by atoms with Gasteiger partial charge in [0.25, 0.3) is 0 Å². The summed E-state index contributed by atoms with van der Waals surface area (Å²) in [6, 6.07) is 0.655. The molecule has 0 spiro atoms. The number of aliphatic hydroxyl groups is 1. The van der Waals surface area contributed by atoms with Gasteiger partial charge < -0.3 is 10.4 Å². The molecule has 0 aromatic rings. The Morgan fingerprint density at radius 3 is 2.60 bits per heavy atom. The van der Waals surface area contributed by atoms with Gasteiger partial charge in [-0.05, 0) is 50.5 Å². The third kappa shape index (κ3) is 4.98. The topological polar surface area (TPSA) is 32.3 Å². The SMILES string of the molecule is C[C@@H]1C[C@@H](NCC[C@@H](C)O)CC(C)(C)C1. The number of aliphatic hydroxyl groups excluding tert-OH is 1. The fraction of sp³-hybridized carbons (Fsp3) is 1.00. The van der Waals surface area contributed by atoms with E-state index < -0.39 is 0 Å². The van der Waals surface area contributed by atoms with Crippen molar-refractivity contribution in [2.75, 3.05) is 6.54 Å². The second-order valence-corrected chi connectivity index (χ2v) is 6.20. The van der Waals surface area contributed by atoms with E-state index in [1.807, 2.05) is 6.92 Å². The Balaban J connectivity index is 2.29. The lowest BCUT2D eigenvalue weighted by molar-refractivity contribution is 0.143. The summed E-state index contributed by atoms with van der Waals surface area (Å²) >= 11 is 0. The molecule has 1 saturated carbocycles. The number of hydrogen-bond acceptors (Lipinski definition) is 2. The van der Waals surface area contributed by atoms with E-state index in [1.54, 1.807) is 0 Å². The Kier molecular flexibility index (Phi) is 4.60. The highest BCUT2D eigenvalue weighted by molar-refractivity contribution is 4.86. The van der Waals surface area contributed by atoms with E-state index in [0.717, 1.165) is 18.9 Å². The normalized spacial score (nSPS) is 32.6. The van der Waals surface area contributed by atoms with E-state index in [1.165, 1.54) is 19.3 Å². The Morgan fingerprint density at radius 2 is 2.07 bits per heavy atom. The van der Waals surface area contributed by atoms with Crippen molar-refractivity contribution < 1.29 is 5.11 Å². The lowest BCUT2D eigenvalue weighted by Gasteiger charge is -2.39. The van der Waals surface area contributed by atoms with E-state index in [4.69, 9.17) is 0 Å². The molecule has 3 atom stereocenters. The lowest BCUT2D eigenvalue weighted by atomic mass is 9.70. The maximum atomic E-state index is 9.20. The van der Waals surface area contributed by atoms with E-state index in [9.17, 15) is 5.11 Å². The fourth-order valence-electron chi connectivity index (χ4n) is 3.00. The molecule has 2 nitrogen and oxygen atoms in total. The number of rotatable bonds is 4. The Morgan fingerprint density at radius 1 is 1.40 bits per heavy atom. The zero-order valence-electron chi connectivity index (χ0n) is 10.7. The summed E-state index contributed by atoms with van der Waals surface area (Å²) in [6.45, 7) is 9.89. The largest absolute Gasteiger partial charge is 0.393 e. The van der Waals surface area contributed by atoms with Crippen molar-refractivity contribution in [1.82, 2.24) is 5.32 Å². The van der Waals surface area contributed by atoms with Crippen LogP contribution < -0.4 is 5.32 Å². The van der Waals surface area contributed by atoms with Crippen LogP contribution in [0.1, 0.15) is 53.4 Å². The third-order valence-electron chi connectivity index (χ3n) is 3.38. The third-order valence-corrected chi connectivity index (χ3v) is 3.38. The van der Waals surface area contributed by atoms with Crippen LogP contribution in [-0.4, -0.2) is 23.8 Å². The second kappa shape index (κ2) is 5.31. The quantitative estimate of drug-likeness (QED) is 0.752. The van der Waals surface area contributed by atoms with Gasteiger partial charge in [0, 0.05) is 6.04 Å². The van der Waals surface area contributed by atoms with Gasteiger partial charge in [0.05, 0.1) is 6.10 Å². The first-order valence-electron chi connectivity index (χ1n) is 6.30. The van der Waals surface area contributed by atoms with Gasteiger partial charge in [-0.1, -0.05) is 20.8 Å². The smallest absolute Gasteiger partial charge is 0.0524 e. The van der Waals surface area contributed by atoms with Gasteiger partial charge >= 0.3 is 0 Å². The first kappa shape index (κ1) is 13.0. The predicted octanol–water partition coefficient (Wildman–Crippen LogP) is 2.56. The average Bonchev–Trinajstić information content (AvgIpc) is 1.98. The molecule has 0 bridgehead atoms. The van der Waals surface area contributed by atoms with Crippen molar-refractivity contribution in [3.8, 4) is 0 Å². The molecule has 1 fully saturated rings. The average molecular weight is 213 g/mol. The Hall–Kier alpha value is -0.0800. The molecule has 90 valence electrons. The Labute approximate surface area is 94.5 Å². The summed E-state index contributed by atoms with van der Waals surface area (Å²) in [7, 11) is 0. The van der Waals surface area contributed by atoms with Crippen LogP contribution >= 0.6 is 0 Å². The first-order chi connectivity index (χ1) is 6.89. The van der Waals surface area contributed by atoms with Crippen LogP contribution in [0.15, 0.2) is 0 Å². The van der Waals surface area contributed by atoms with E-state index in [-0.39, 0.29) is 6.10 Å². The van der Waals surface area contributed by atoms with E-state index >= 15 is 0 Å². The summed E-state index contributed by atoms with van der Waals surface area (Å²) in [5, 5.41) is 12.8. The van der Waals surface area contributed by atoms with Crippen LogP contribution in [0.4, 0.5) is 0 Å². The molecule has 0 heterocycles. The molecule has 15 heavy (non-hydrogen) atoms. The summed E-state index contributed by atoms with van der Waals surface area (Å²) in [6.07, 6.45) is 4.61. The molecule has 2 N–H and O–H groups in total. The number of hydrogen-bond donors (Lipinski definition) is 2. The summed E-state index contributed by atoms with van der Waals surface area (Å²) in [5.74, 6) is 0.831. The van der Waals surface area contributed by atoms with Crippen molar-refractivity contribution in [2.45, 2.75) is 65.5 Å². The number of nitrogens with one attached hydrogen (secondary N) is 1. The molecule has 0 aromatic heterocycles. The minimum Gasteiger partial charge on any atom is -0.393 e. The molecule has 0 unspecified atom stereocenters. The monoisotopic (exact) mass is 213 g/mol. The molecular formula is C13H27NO. The van der Waals surface area contributed by atoms with Gasteiger partial charge in [0.2, 0.25) is 0 Å². The standard InChI is InChI=1S/C13H27NO/c1-10-7-12(9-13(3,4)8-10)14-6-5-11(2)15/h10-12,14-15H,5-9H2,1-4H3/t10-,11-,12-/m1/s1. The van der Waals surface area contributed by atoms with E-state index in [2.05, 4.69) is 26.1 Å². The minimum absolute atomic E-state index is 0.175. The van der Waals surface area contributed by atoms with Crippen molar-refractivity contribution in [3.63, 3.8) is 0 Å². The molecule has 1 aliphatic carbocycles. The fourth-order valence-corrected chi connectivity index (χ4v) is 3.00. The summed E-state index contributed by atoms with van der Waals surface area (Å²) in [4.78, 5) is 0. The van der Waals surface area contributed by atoms with Crippen LogP contribution in [-0.2, 0) is 0 Å². The highest BCUT2D eigenvalue weighted by atomic mass is 16.3. The van der Waals surface area contributed by atoms with Crippen molar-refractivity contribution in [1.29, 1.82) is 0 Å². The van der Waals surface area contributed by atoms with Crippen LogP contribution in [0.25, 0.3) is 0 Å². The summed E-state index contributed by atoms with van der Waals surface area (Å²) in [5.41, 5.74) is 0.486. The van der Waals surface area contributed by atoms with E-state index in [0.29, 0.717) is 11.5 Å². The van der Waals surface area contributed by atoms with Gasteiger partial charge in [0.15, 0.2) is 0 Å². The molecule has 2 heteroatoms. The van der Waals surface area contributed by atoms with Crippen molar-refractivity contribution >= 4 is 0 Å². The zero-order valence-corrected chi connectivity index (χ0v) is 10.7. The highest BCUT2D eigenvalue weighted by Crippen LogP contribution is 2.38. The van der Waals surface area contributed by atoms with Gasteiger partial charge in [-0.25, -0.2) is 0 Å². The predicted molar refractivity (Wildman–Crippen MR) is 64.9 cm³/mol. The summed E-state index contributed by atoms with van der Waals surface area (Å²) < 4.78 is 0. The highest BCUT2D eigenvalue weighted by Gasteiger charge is 2.31. The van der Waals surface area contributed by atoms with Crippen molar-refractivity contribution in [3.05, 3.63) is 0 Å². The molecule has 0 aromatic carbocycles. The molecule has 0 aliphatic heterocycles. The molecule has 0 radical (unpaired) electrons. The van der Waals surface area contributed by atoms with Crippen LogP contribution in [0, 0.1) is 11.3 Å². The van der Waals surface area contributed by atoms with Gasteiger partial charge in [-0.2, -0.15) is 0 Å². The van der Waals surface area contributed by atoms with Gasteiger partial charge in [-0.3, -0.25) is 0 Å². The lowest BCUT2D eigenvalue weighted by Crippen LogP contribution is -2.40. The maximum absolute atomic E-state index is 9.20. The molecule has 1 rings (SSSR count). The van der Waals surface area contributed by atoms with Crippen LogP contribution in [0.3, 0.4) is 0 Å². The molecular weight excluding hydrogens is 186 g/mol. The molecule has 0 saturated heterocycles.